The van der Waals surface area contributed by atoms with Crippen LogP contribution in [0.1, 0.15) is 57.8 Å². The van der Waals surface area contributed by atoms with Gasteiger partial charge in [0.05, 0.1) is 5.69 Å². The molecule has 3 heteroatoms. The lowest BCUT2D eigenvalue weighted by molar-refractivity contribution is 0.621. The monoisotopic (exact) mass is 223 g/mol. The van der Waals surface area contributed by atoms with Crippen LogP contribution < -0.4 is 5.73 Å². The maximum Gasteiger partial charge on any atom is 0.197 e. The van der Waals surface area contributed by atoms with Gasteiger partial charge < -0.3 is 10.7 Å². The van der Waals surface area contributed by atoms with Gasteiger partial charge in [-0.05, 0) is 25.2 Å². The van der Waals surface area contributed by atoms with Gasteiger partial charge in [0.25, 0.3) is 0 Å². The predicted molar refractivity (Wildman–Crippen MR) is 69.4 cm³/mol. The number of aryl methyl sites for hydroxylation is 1. The fourth-order valence-corrected chi connectivity index (χ4v) is 1.97. The van der Waals surface area contributed by atoms with E-state index in [4.69, 9.17) is 5.73 Å². The highest BCUT2D eigenvalue weighted by Gasteiger charge is 2.09. The molecule has 1 aromatic rings. The third-order valence-electron chi connectivity index (χ3n) is 2.76. The van der Waals surface area contributed by atoms with Crippen LogP contribution >= 0.6 is 0 Å². The van der Waals surface area contributed by atoms with Crippen molar-refractivity contribution in [3.8, 4) is 0 Å². The molecular weight excluding hydrogens is 198 g/mol. The molecule has 0 aromatic carbocycles. The fraction of sp³-hybridized carbons (Fsp3) is 0.769. The molecular formula is C13H25N3. The van der Waals surface area contributed by atoms with Crippen LogP contribution in [0.5, 0.6) is 0 Å². The van der Waals surface area contributed by atoms with Gasteiger partial charge in [0.1, 0.15) is 0 Å². The van der Waals surface area contributed by atoms with Gasteiger partial charge in [-0.3, -0.25) is 0 Å². The summed E-state index contributed by atoms with van der Waals surface area (Å²) in [7, 11) is 0. The van der Waals surface area contributed by atoms with Gasteiger partial charge in [0.2, 0.25) is 0 Å². The largest absolute Gasteiger partial charge is 0.369 e. The Morgan fingerprint density at radius 1 is 1.25 bits per heavy atom. The molecule has 0 saturated carbocycles. The van der Waals surface area contributed by atoms with Crippen molar-refractivity contribution in [2.45, 2.75) is 59.3 Å². The van der Waals surface area contributed by atoms with Crippen molar-refractivity contribution < 1.29 is 0 Å². The number of H-pyrrole nitrogens is 1. The van der Waals surface area contributed by atoms with Crippen LogP contribution in [0.4, 0.5) is 5.95 Å². The van der Waals surface area contributed by atoms with Gasteiger partial charge in [-0.2, -0.15) is 0 Å². The van der Waals surface area contributed by atoms with Crippen LogP contribution in [0.2, 0.25) is 0 Å². The highest BCUT2D eigenvalue weighted by atomic mass is 15.0. The van der Waals surface area contributed by atoms with Crippen molar-refractivity contribution in [2.75, 3.05) is 5.73 Å². The number of hydrogen-bond donors (Lipinski definition) is 2. The first-order valence-corrected chi connectivity index (χ1v) is 6.46. The molecule has 0 aliphatic heterocycles. The Balaban J connectivity index is 2.50. The first kappa shape index (κ1) is 13.1. The molecule has 3 N–H and O–H groups in total. The minimum atomic E-state index is 0.571. The van der Waals surface area contributed by atoms with Gasteiger partial charge in [0.15, 0.2) is 5.95 Å². The average Bonchev–Trinajstić information content (AvgIpc) is 2.53. The van der Waals surface area contributed by atoms with Gasteiger partial charge in [-0.15, -0.1) is 0 Å². The first-order valence-electron chi connectivity index (χ1n) is 6.46. The van der Waals surface area contributed by atoms with Crippen molar-refractivity contribution in [2.24, 2.45) is 5.92 Å². The number of nitrogen functional groups attached to an aromatic ring is 1. The van der Waals surface area contributed by atoms with E-state index in [2.05, 4.69) is 30.7 Å². The summed E-state index contributed by atoms with van der Waals surface area (Å²) in [6.07, 6.45) is 7.23. The second kappa shape index (κ2) is 6.56. The first-order chi connectivity index (χ1) is 7.63. The van der Waals surface area contributed by atoms with Crippen LogP contribution in [0.25, 0.3) is 0 Å². The number of nitrogens with two attached hydrogens (primary N) is 1. The third-order valence-corrected chi connectivity index (χ3v) is 2.76. The Morgan fingerprint density at radius 2 is 2.00 bits per heavy atom. The summed E-state index contributed by atoms with van der Waals surface area (Å²) in [4.78, 5) is 7.57. The quantitative estimate of drug-likeness (QED) is 0.697. The van der Waals surface area contributed by atoms with Crippen LogP contribution in [0.15, 0.2) is 0 Å². The lowest BCUT2D eigenvalue weighted by Gasteiger charge is -2.05. The zero-order chi connectivity index (χ0) is 12.0. The van der Waals surface area contributed by atoms with E-state index in [0.717, 1.165) is 12.8 Å². The highest BCUT2D eigenvalue weighted by Crippen LogP contribution is 2.15. The van der Waals surface area contributed by atoms with E-state index in [1.165, 1.54) is 37.1 Å². The molecule has 0 radical (unpaired) electrons. The molecule has 16 heavy (non-hydrogen) atoms. The zero-order valence-electron chi connectivity index (χ0n) is 10.8. The second-order valence-corrected chi connectivity index (χ2v) is 4.96. The second-order valence-electron chi connectivity index (χ2n) is 4.96. The zero-order valence-corrected chi connectivity index (χ0v) is 10.8. The summed E-state index contributed by atoms with van der Waals surface area (Å²) in [5.41, 5.74) is 8.14. The van der Waals surface area contributed by atoms with Crippen molar-refractivity contribution in [1.82, 2.24) is 9.97 Å². The van der Waals surface area contributed by atoms with E-state index >= 15 is 0 Å². The van der Waals surface area contributed by atoms with E-state index in [0.29, 0.717) is 11.9 Å². The Morgan fingerprint density at radius 3 is 2.62 bits per heavy atom. The fourth-order valence-electron chi connectivity index (χ4n) is 1.97. The summed E-state index contributed by atoms with van der Waals surface area (Å²) >= 11 is 0. The van der Waals surface area contributed by atoms with E-state index < -0.39 is 0 Å². The maximum absolute atomic E-state index is 5.72. The van der Waals surface area contributed by atoms with Crippen LogP contribution in [0, 0.1) is 5.92 Å². The summed E-state index contributed by atoms with van der Waals surface area (Å²) in [5, 5.41) is 0. The molecule has 3 nitrogen and oxygen atoms in total. The number of imidazole rings is 1. The average molecular weight is 223 g/mol. The van der Waals surface area contributed by atoms with Crippen molar-refractivity contribution in [1.29, 1.82) is 0 Å². The molecule has 0 aliphatic rings. The Labute approximate surface area is 98.8 Å². The molecule has 0 unspecified atom stereocenters. The number of nitrogens with zero attached hydrogens (tertiary/aromatic N) is 1. The smallest absolute Gasteiger partial charge is 0.197 e. The molecule has 0 fully saturated rings. The number of unbranched alkanes of at least 4 members (excludes halogenated alkanes) is 3. The summed E-state index contributed by atoms with van der Waals surface area (Å²) in [5.74, 6) is 1.22. The maximum atomic E-state index is 5.72. The van der Waals surface area contributed by atoms with Gasteiger partial charge in [-0.1, -0.05) is 40.0 Å². The predicted octanol–water partition coefficient (Wildman–Crippen LogP) is 3.31. The molecule has 0 bridgehead atoms. The number of nitrogens with one attached hydrogen (secondary N) is 1. The van der Waals surface area contributed by atoms with E-state index in [1.807, 2.05) is 0 Å². The van der Waals surface area contributed by atoms with E-state index in [9.17, 15) is 0 Å². The highest BCUT2D eigenvalue weighted by molar-refractivity contribution is 5.26. The normalized spacial score (nSPS) is 11.2. The Hall–Kier alpha value is -0.990. The minimum Gasteiger partial charge on any atom is -0.369 e. The van der Waals surface area contributed by atoms with Crippen LogP contribution in [0.3, 0.4) is 0 Å². The Kier molecular flexibility index (Phi) is 5.36. The van der Waals surface area contributed by atoms with Crippen LogP contribution in [-0.4, -0.2) is 9.97 Å². The molecule has 0 atom stereocenters. The van der Waals surface area contributed by atoms with Gasteiger partial charge in [0, 0.05) is 5.69 Å². The standard InChI is InChI=1S/C13H25N3/c1-4-5-6-7-8-11-12(9-10(2)3)16-13(14)15-11/h10H,4-9H2,1-3H3,(H3,14,15,16). The molecule has 1 aromatic heterocycles. The molecule has 92 valence electrons. The molecule has 0 saturated heterocycles. The topological polar surface area (TPSA) is 54.7 Å². The molecule has 1 heterocycles. The van der Waals surface area contributed by atoms with E-state index in [1.54, 1.807) is 0 Å². The number of rotatable bonds is 7. The summed E-state index contributed by atoms with van der Waals surface area (Å²) < 4.78 is 0. The lowest BCUT2D eigenvalue weighted by Crippen LogP contribution is -1.99. The summed E-state index contributed by atoms with van der Waals surface area (Å²) in [6, 6.07) is 0. The third kappa shape index (κ3) is 4.25. The number of hydrogen-bond acceptors (Lipinski definition) is 2. The molecule has 0 spiro atoms. The van der Waals surface area contributed by atoms with Crippen molar-refractivity contribution >= 4 is 5.95 Å². The van der Waals surface area contributed by atoms with Gasteiger partial charge in [-0.25, -0.2) is 4.98 Å². The lowest BCUT2D eigenvalue weighted by atomic mass is 10.0. The molecule has 1 rings (SSSR count). The SMILES string of the molecule is CCCCCCc1nc(N)[nH]c1CC(C)C. The minimum absolute atomic E-state index is 0.571. The number of aromatic amines is 1. The molecule has 0 aliphatic carbocycles. The number of aromatic nitrogens is 2. The molecule has 0 amide bonds. The van der Waals surface area contributed by atoms with Crippen molar-refractivity contribution in [3.05, 3.63) is 11.4 Å². The van der Waals surface area contributed by atoms with Crippen molar-refractivity contribution in [3.63, 3.8) is 0 Å². The van der Waals surface area contributed by atoms with Crippen LogP contribution in [-0.2, 0) is 12.8 Å². The summed E-state index contributed by atoms with van der Waals surface area (Å²) in [6.45, 7) is 6.67. The van der Waals surface area contributed by atoms with Gasteiger partial charge >= 0.3 is 0 Å². The number of anilines is 1. The Bertz CT molecular complexity index is 302. The van der Waals surface area contributed by atoms with E-state index in [-0.39, 0.29) is 0 Å².